The predicted molar refractivity (Wildman–Crippen MR) is 104 cm³/mol. The standard InChI is InChI=1S/C20H19N3O3S/c24-19(21-12-17-2-1-10-26-17)14-3-5-16(6-4-14)22-20(25)23-9-7-18-15(13-23)8-11-27-18/h1-6,8,10-11H,7,9,12-13H2,(H,21,24)(H,22,25). The minimum Gasteiger partial charge on any atom is -0.467 e. The van der Waals surface area contributed by atoms with E-state index in [0.29, 0.717) is 36.6 Å². The van der Waals surface area contributed by atoms with Gasteiger partial charge in [0.15, 0.2) is 0 Å². The van der Waals surface area contributed by atoms with E-state index in [9.17, 15) is 9.59 Å². The number of thiophene rings is 1. The average molecular weight is 381 g/mol. The van der Waals surface area contributed by atoms with Gasteiger partial charge in [0.25, 0.3) is 5.91 Å². The Balaban J connectivity index is 1.32. The number of benzene rings is 1. The number of nitrogens with one attached hydrogen (secondary N) is 2. The molecular formula is C20H19N3O3S. The molecule has 1 aliphatic rings. The third-order valence-corrected chi connectivity index (χ3v) is 5.52. The molecular weight excluding hydrogens is 362 g/mol. The SMILES string of the molecule is O=C(NCc1ccco1)c1ccc(NC(=O)N2CCc3sccc3C2)cc1. The first-order chi connectivity index (χ1) is 13.2. The van der Waals surface area contributed by atoms with E-state index in [1.165, 1.54) is 10.4 Å². The van der Waals surface area contributed by atoms with Crippen LogP contribution in [0, 0.1) is 0 Å². The van der Waals surface area contributed by atoms with Crippen LogP contribution in [0.3, 0.4) is 0 Å². The maximum absolute atomic E-state index is 12.5. The lowest BCUT2D eigenvalue weighted by Gasteiger charge is -2.27. The lowest BCUT2D eigenvalue weighted by atomic mass is 10.1. The fourth-order valence-corrected chi connectivity index (χ4v) is 3.90. The van der Waals surface area contributed by atoms with Gasteiger partial charge in [-0.15, -0.1) is 11.3 Å². The molecule has 2 aromatic heterocycles. The number of urea groups is 1. The summed E-state index contributed by atoms with van der Waals surface area (Å²) in [6.45, 7) is 1.69. The van der Waals surface area contributed by atoms with Gasteiger partial charge in [0.1, 0.15) is 5.76 Å². The molecule has 0 atom stereocenters. The molecule has 3 heterocycles. The number of nitrogens with zero attached hydrogens (tertiary/aromatic N) is 1. The number of amides is 3. The van der Waals surface area contributed by atoms with E-state index < -0.39 is 0 Å². The number of rotatable bonds is 4. The van der Waals surface area contributed by atoms with Crippen molar-refractivity contribution in [2.24, 2.45) is 0 Å². The maximum atomic E-state index is 12.5. The van der Waals surface area contributed by atoms with Crippen LogP contribution in [0.4, 0.5) is 10.5 Å². The number of fused-ring (bicyclic) bond motifs is 1. The Morgan fingerprint density at radius 3 is 2.78 bits per heavy atom. The molecule has 0 saturated heterocycles. The van der Waals surface area contributed by atoms with Crippen LogP contribution < -0.4 is 10.6 Å². The first-order valence-electron chi connectivity index (χ1n) is 8.71. The number of furan rings is 1. The second-order valence-corrected chi connectivity index (χ2v) is 7.31. The Kier molecular flexibility index (Phi) is 4.93. The Bertz CT molecular complexity index is 932. The molecule has 0 unspecified atom stereocenters. The zero-order valence-electron chi connectivity index (χ0n) is 14.6. The summed E-state index contributed by atoms with van der Waals surface area (Å²) in [5, 5.41) is 7.76. The summed E-state index contributed by atoms with van der Waals surface area (Å²) >= 11 is 1.75. The van der Waals surface area contributed by atoms with E-state index in [2.05, 4.69) is 22.1 Å². The van der Waals surface area contributed by atoms with Crippen LogP contribution in [0.5, 0.6) is 0 Å². The van der Waals surface area contributed by atoms with Crippen molar-refractivity contribution in [3.63, 3.8) is 0 Å². The van der Waals surface area contributed by atoms with Gasteiger partial charge in [0.2, 0.25) is 0 Å². The van der Waals surface area contributed by atoms with Crippen LogP contribution in [0.15, 0.2) is 58.5 Å². The number of hydrogen-bond donors (Lipinski definition) is 2. The Labute approximate surface area is 160 Å². The first kappa shape index (κ1) is 17.4. The van der Waals surface area contributed by atoms with Crippen LogP contribution in [-0.2, 0) is 19.5 Å². The molecule has 6 nitrogen and oxygen atoms in total. The first-order valence-corrected chi connectivity index (χ1v) is 9.59. The number of anilines is 1. The zero-order valence-corrected chi connectivity index (χ0v) is 15.4. The highest BCUT2D eigenvalue weighted by molar-refractivity contribution is 7.10. The maximum Gasteiger partial charge on any atom is 0.322 e. The van der Waals surface area contributed by atoms with E-state index in [4.69, 9.17) is 4.42 Å². The van der Waals surface area contributed by atoms with Crippen LogP contribution in [-0.4, -0.2) is 23.4 Å². The normalized spacial score (nSPS) is 13.1. The van der Waals surface area contributed by atoms with Gasteiger partial charge in [-0.1, -0.05) is 0 Å². The molecule has 7 heteroatoms. The zero-order chi connectivity index (χ0) is 18.6. The summed E-state index contributed by atoms with van der Waals surface area (Å²) in [5.41, 5.74) is 2.42. The summed E-state index contributed by atoms with van der Waals surface area (Å²) in [7, 11) is 0. The molecule has 0 saturated carbocycles. The number of carbonyl (C=O) groups is 2. The van der Waals surface area contributed by atoms with Crippen LogP contribution in [0.2, 0.25) is 0 Å². The third-order valence-electron chi connectivity index (χ3n) is 4.50. The third kappa shape index (κ3) is 4.03. The van der Waals surface area contributed by atoms with Crippen molar-refractivity contribution in [1.29, 1.82) is 0 Å². The summed E-state index contributed by atoms with van der Waals surface area (Å²) in [6, 6.07) is 12.4. The monoisotopic (exact) mass is 381 g/mol. The molecule has 2 N–H and O–H groups in total. The van der Waals surface area contributed by atoms with Crippen molar-refractivity contribution >= 4 is 29.0 Å². The van der Waals surface area contributed by atoms with Crippen molar-refractivity contribution in [2.75, 3.05) is 11.9 Å². The van der Waals surface area contributed by atoms with E-state index in [0.717, 1.165) is 6.42 Å². The van der Waals surface area contributed by atoms with Crippen molar-refractivity contribution in [2.45, 2.75) is 19.5 Å². The molecule has 0 bridgehead atoms. The molecule has 3 amide bonds. The van der Waals surface area contributed by atoms with Gasteiger partial charge >= 0.3 is 6.03 Å². The summed E-state index contributed by atoms with van der Waals surface area (Å²) in [4.78, 5) is 27.8. The Morgan fingerprint density at radius 2 is 2.00 bits per heavy atom. The molecule has 27 heavy (non-hydrogen) atoms. The smallest absolute Gasteiger partial charge is 0.322 e. The molecule has 1 aromatic carbocycles. The van der Waals surface area contributed by atoms with Gasteiger partial charge in [-0.05, 0) is 59.8 Å². The topological polar surface area (TPSA) is 74.6 Å². The lowest BCUT2D eigenvalue weighted by Crippen LogP contribution is -2.38. The van der Waals surface area contributed by atoms with Gasteiger partial charge in [-0.2, -0.15) is 0 Å². The number of carbonyl (C=O) groups excluding carboxylic acids is 2. The lowest BCUT2D eigenvalue weighted by molar-refractivity contribution is 0.0948. The van der Waals surface area contributed by atoms with Crippen LogP contribution in [0.1, 0.15) is 26.6 Å². The molecule has 3 aromatic rings. The fourth-order valence-electron chi connectivity index (χ4n) is 3.01. The van der Waals surface area contributed by atoms with E-state index in [-0.39, 0.29) is 11.9 Å². The van der Waals surface area contributed by atoms with E-state index in [1.807, 2.05) is 0 Å². The minimum atomic E-state index is -0.190. The molecule has 0 radical (unpaired) electrons. The van der Waals surface area contributed by atoms with E-state index >= 15 is 0 Å². The van der Waals surface area contributed by atoms with E-state index in [1.54, 1.807) is 58.9 Å². The molecule has 0 aliphatic carbocycles. The fraction of sp³-hybridized carbons (Fsp3) is 0.200. The van der Waals surface area contributed by atoms with Crippen molar-refractivity contribution in [1.82, 2.24) is 10.2 Å². The number of hydrogen-bond acceptors (Lipinski definition) is 4. The second kappa shape index (κ2) is 7.67. The summed E-state index contributed by atoms with van der Waals surface area (Å²) in [5.74, 6) is 0.507. The highest BCUT2D eigenvalue weighted by atomic mass is 32.1. The highest BCUT2D eigenvalue weighted by Gasteiger charge is 2.21. The molecule has 0 spiro atoms. The van der Waals surface area contributed by atoms with Gasteiger partial charge < -0.3 is 20.0 Å². The van der Waals surface area contributed by atoms with Crippen LogP contribution >= 0.6 is 11.3 Å². The average Bonchev–Trinajstić information content (AvgIpc) is 3.37. The summed E-state index contributed by atoms with van der Waals surface area (Å²) in [6.07, 6.45) is 2.47. The predicted octanol–water partition coefficient (Wildman–Crippen LogP) is 3.86. The molecule has 138 valence electrons. The van der Waals surface area contributed by atoms with Gasteiger partial charge in [0.05, 0.1) is 12.8 Å². The van der Waals surface area contributed by atoms with Crippen molar-refractivity contribution in [3.8, 4) is 0 Å². The van der Waals surface area contributed by atoms with Gasteiger partial charge in [-0.25, -0.2) is 4.79 Å². The Morgan fingerprint density at radius 1 is 1.15 bits per heavy atom. The Hall–Kier alpha value is -3.06. The minimum absolute atomic E-state index is 0.123. The van der Waals surface area contributed by atoms with Crippen molar-refractivity contribution < 1.29 is 14.0 Å². The van der Waals surface area contributed by atoms with Gasteiger partial charge in [0, 0.05) is 29.2 Å². The second-order valence-electron chi connectivity index (χ2n) is 6.31. The van der Waals surface area contributed by atoms with Gasteiger partial charge in [-0.3, -0.25) is 4.79 Å². The van der Waals surface area contributed by atoms with Crippen molar-refractivity contribution in [3.05, 3.63) is 75.9 Å². The summed E-state index contributed by atoms with van der Waals surface area (Å²) < 4.78 is 5.19. The molecule has 0 fully saturated rings. The quantitative estimate of drug-likeness (QED) is 0.721. The largest absolute Gasteiger partial charge is 0.467 e. The highest BCUT2D eigenvalue weighted by Crippen LogP contribution is 2.24. The van der Waals surface area contributed by atoms with Crippen LogP contribution in [0.25, 0.3) is 0 Å². The molecule has 1 aliphatic heterocycles. The molecule has 4 rings (SSSR count).